The average molecular weight is 489 g/mol. The van der Waals surface area contributed by atoms with Gasteiger partial charge in [0.1, 0.15) is 11.4 Å². The zero-order valence-corrected chi connectivity index (χ0v) is 20.2. The topological polar surface area (TPSA) is 126 Å². The van der Waals surface area contributed by atoms with Gasteiger partial charge >= 0.3 is 0 Å². The third-order valence-corrected chi connectivity index (χ3v) is 7.73. The number of unbranched alkanes of at least 4 members (excludes halogenated alkanes) is 1. The van der Waals surface area contributed by atoms with Crippen molar-refractivity contribution in [2.75, 3.05) is 55.3 Å². The van der Waals surface area contributed by atoms with Crippen LogP contribution in [-0.4, -0.2) is 68.0 Å². The Bertz CT molecular complexity index is 1080. The van der Waals surface area contributed by atoms with Crippen molar-refractivity contribution in [1.82, 2.24) is 14.3 Å². The monoisotopic (exact) mass is 488 g/mol. The maximum absolute atomic E-state index is 13.0. The van der Waals surface area contributed by atoms with Crippen LogP contribution in [-0.2, 0) is 14.8 Å². The predicted molar refractivity (Wildman–Crippen MR) is 131 cm³/mol. The first-order valence-corrected chi connectivity index (χ1v) is 13.3. The molecule has 1 aromatic carbocycles. The van der Waals surface area contributed by atoms with E-state index < -0.39 is 10.0 Å². The molecule has 3 N–H and O–H groups in total. The number of nitrogens with one attached hydrogen (secondary N) is 3. The molecule has 0 radical (unpaired) electrons. The van der Waals surface area contributed by atoms with Gasteiger partial charge in [0.05, 0.1) is 18.1 Å². The van der Waals surface area contributed by atoms with Gasteiger partial charge in [-0.05, 0) is 49.4 Å². The van der Waals surface area contributed by atoms with Crippen molar-refractivity contribution in [3.8, 4) is 0 Å². The molecular formula is C23H32N6O4S. The lowest BCUT2D eigenvalue weighted by Gasteiger charge is -2.26. The fourth-order valence-electron chi connectivity index (χ4n) is 3.55. The van der Waals surface area contributed by atoms with Gasteiger partial charge in [0, 0.05) is 38.1 Å². The van der Waals surface area contributed by atoms with Crippen molar-refractivity contribution in [2.24, 2.45) is 5.92 Å². The number of benzene rings is 1. The van der Waals surface area contributed by atoms with Crippen LogP contribution in [0.15, 0.2) is 35.4 Å². The van der Waals surface area contributed by atoms with E-state index in [4.69, 9.17) is 4.74 Å². The Hall–Kier alpha value is -2.76. The third-order valence-electron chi connectivity index (χ3n) is 5.82. The average Bonchev–Trinajstić information content (AvgIpc) is 3.68. The van der Waals surface area contributed by atoms with E-state index in [1.807, 2.05) is 0 Å². The highest BCUT2D eigenvalue weighted by atomic mass is 32.2. The second-order valence-electron chi connectivity index (χ2n) is 8.56. The summed E-state index contributed by atoms with van der Waals surface area (Å²) in [6.07, 6.45) is 5.95. The van der Waals surface area contributed by atoms with Crippen LogP contribution in [0.1, 0.15) is 43.0 Å². The number of ether oxygens (including phenoxy) is 1. The van der Waals surface area contributed by atoms with Gasteiger partial charge in [-0.2, -0.15) is 9.29 Å². The fraction of sp³-hybridized carbons (Fsp3) is 0.522. The number of sulfonamides is 1. The van der Waals surface area contributed by atoms with Crippen LogP contribution in [0.2, 0.25) is 0 Å². The summed E-state index contributed by atoms with van der Waals surface area (Å²) in [5.41, 5.74) is 0.830. The fourth-order valence-corrected chi connectivity index (χ4v) is 4.96. The van der Waals surface area contributed by atoms with E-state index in [0.29, 0.717) is 55.2 Å². The Morgan fingerprint density at radius 3 is 2.56 bits per heavy atom. The van der Waals surface area contributed by atoms with Crippen molar-refractivity contribution >= 4 is 33.4 Å². The molecule has 34 heavy (non-hydrogen) atoms. The van der Waals surface area contributed by atoms with Crippen LogP contribution < -0.4 is 16.0 Å². The minimum Gasteiger partial charge on any atom is -0.379 e. The summed E-state index contributed by atoms with van der Waals surface area (Å²) in [6.45, 7) is 5.09. The van der Waals surface area contributed by atoms with Crippen LogP contribution in [0.3, 0.4) is 0 Å². The van der Waals surface area contributed by atoms with Crippen LogP contribution >= 0.6 is 0 Å². The van der Waals surface area contributed by atoms with Gasteiger partial charge in [-0.25, -0.2) is 13.4 Å². The molecule has 10 nitrogen and oxygen atoms in total. The number of hydrogen-bond donors (Lipinski definition) is 3. The summed E-state index contributed by atoms with van der Waals surface area (Å²) in [6, 6.07) is 6.18. The second kappa shape index (κ2) is 11.1. The SMILES string of the molecule is CCCCNc1ncc(C(=O)Nc2ccc(S(=O)(=O)N3CCOCC3)cc2)c(NCC2CC2)n1. The second-order valence-corrected chi connectivity index (χ2v) is 10.5. The van der Waals surface area contributed by atoms with E-state index in [0.717, 1.165) is 25.9 Å². The first-order valence-electron chi connectivity index (χ1n) is 11.8. The first kappa shape index (κ1) is 24.4. The standard InChI is InChI=1S/C23H32N6O4S/c1-2-3-10-24-23-26-16-20(21(28-23)25-15-17-4-5-17)22(30)27-18-6-8-19(9-7-18)34(31,32)29-11-13-33-14-12-29/h6-9,16-17H,2-5,10-15H2,1H3,(H,27,30)(H2,24,25,26,28). The van der Waals surface area contributed by atoms with Crippen molar-refractivity contribution in [3.63, 3.8) is 0 Å². The molecule has 2 fully saturated rings. The quantitative estimate of drug-likeness (QED) is 0.412. The highest BCUT2D eigenvalue weighted by Gasteiger charge is 2.26. The summed E-state index contributed by atoms with van der Waals surface area (Å²) in [7, 11) is -3.59. The summed E-state index contributed by atoms with van der Waals surface area (Å²) >= 11 is 0. The number of morpholine rings is 1. The van der Waals surface area contributed by atoms with Gasteiger partial charge in [-0.15, -0.1) is 0 Å². The van der Waals surface area contributed by atoms with Crippen LogP contribution in [0.25, 0.3) is 0 Å². The Balaban J connectivity index is 1.45. The summed E-state index contributed by atoms with van der Waals surface area (Å²) < 4.78 is 32.2. The number of hydrogen-bond acceptors (Lipinski definition) is 8. The molecule has 184 valence electrons. The van der Waals surface area contributed by atoms with Crippen LogP contribution in [0.4, 0.5) is 17.5 Å². The molecule has 2 aliphatic rings. The van der Waals surface area contributed by atoms with E-state index in [1.54, 1.807) is 12.1 Å². The summed E-state index contributed by atoms with van der Waals surface area (Å²) in [5.74, 6) is 1.23. The van der Waals surface area contributed by atoms with E-state index in [-0.39, 0.29) is 10.8 Å². The van der Waals surface area contributed by atoms with Gasteiger partial charge in [0.2, 0.25) is 16.0 Å². The van der Waals surface area contributed by atoms with E-state index >= 15 is 0 Å². The van der Waals surface area contributed by atoms with Crippen LogP contribution in [0.5, 0.6) is 0 Å². The molecule has 0 atom stereocenters. The molecule has 1 aliphatic carbocycles. The van der Waals surface area contributed by atoms with Crippen molar-refractivity contribution in [1.29, 1.82) is 0 Å². The lowest BCUT2D eigenvalue weighted by atomic mass is 10.2. The summed E-state index contributed by atoms with van der Waals surface area (Å²) in [5, 5.41) is 9.30. The van der Waals surface area contributed by atoms with E-state index in [1.165, 1.54) is 35.5 Å². The molecule has 2 heterocycles. The third kappa shape index (κ3) is 6.22. The van der Waals surface area contributed by atoms with E-state index in [9.17, 15) is 13.2 Å². The summed E-state index contributed by atoms with van der Waals surface area (Å²) in [4.78, 5) is 22.0. The highest BCUT2D eigenvalue weighted by molar-refractivity contribution is 7.89. The van der Waals surface area contributed by atoms with Gasteiger partial charge in [0.25, 0.3) is 5.91 Å². The molecule has 1 saturated heterocycles. The number of aromatic nitrogens is 2. The Morgan fingerprint density at radius 1 is 1.15 bits per heavy atom. The zero-order valence-electron chi connectivity index (χ0n) is 19.4. The number of amides is 1. The normalized spacial score (nSPS) is 16.7. The lowest BCUT2D eigenvalue weighted by Crippen LogP contribution is -2.40. The Labute approximate surface area is 200 Å². The first-order chi connectivity index (χ1) is 16.5. The van der Waals surface area contributed by atoms with Crippen molar-refractivity contribution in [2.45, 2.75) is 37.5 Å². The molecule has 0 bridgehead atoms. The molecule has 4 rings (SSSR count). The number of carbonyl (C=O) groups is 1. The number of nitrogens with zero attached hydrogens (tertiary/aromatic N) is 3. The number of carbonyl (C=O) groups excluding carboxylic acids is 1. The van der Waals surface area contributed by atoms with Gasteiger partial charge < -0.3 is 20.7 Å². The van der Waals surface area contributed by atoms with Crippen LogP contribution in [0, 0.1) is 5.92 Å². The molecule has 0 unspecified atom stereocenters. The minimum absolute atomic E-state index is 0.185. The van der Waals surface area contributed by atoms with Crippen molar-refractivity contribution in [3.05, 3.63) is 36.0 Å². The molecule has 1 aromatic heterocycles. The zero-order chi connectivity index (χ0) is 24.0. The molecule has 11 heteroatoms. The number of rotatable bonds is 11. The minimum atomic E-state index is -3.59. The molecular weight excluding hydrogens is 456 g/mol. The van der Waals surface area contributed by atoms with Crippen molar-refractivity contribution < 1.29 is 17.9 Å². The maximum Gasteiger partial charge on any atom is 0.260 e. The smallest absolute Gasteiger partial charge is 0.260 e. The van der Waals surface area contributed by atoms with Gasteiger partial charge in [-0.1, -0.05) is 13.3 Å². The Morgan fingerprint density at radius 2 is 1.88 bits per heavy atom. The van der Waals surface area contributed by atoms with Gasteiger partial charge in [-0.3, -0.25) is 4.79 Å². The predicted octanol–water partition coefficient (Wildman–Crippen LogP) is 2.78. The number of anilines is 3. The molecule has 1 aliphatic heterocycles. The van der Waals surface area contributed by atoms with Gasteiger partial charge in [0.15, 0.2) is 0 Å². The molecule has 1 amide bonds. The molecule has 2 aromatic rings. The lowest BCUT2D eigenvalue weighted by molar-refractivity contribution is 0.0730. The maximum atomic E-state index is 13.0. The molecule has 1 saturated carbocycles. The van der Waals surface area contributed by atoms with E-state index in [2.05, 4.69) is 32.8 Å². The molecule has 0 spiro atoms. The Kier molecular flexibility index (Phi) is 7.96. The largest absolute Gasteiger partial charge is 0.379 e. The highest BCUT2D eigenvalue weighted by Crippen LogP contribution is 2.29.